The summed E-state index contributed by atoms with van der Waals surface area (Å²) in [6, 6.07) is 8.54. The van der Waals surface area contributed by atoms with Crippen LogP contribution in [0.4, 0.5) is 13.2 Å². The monoisotopic (exact) mass is 502 g/mol. The highest BCUT2D eigenvalue weighted by molar-refractivity contribution is 5.34. The average molecular weight is 503 g/mol. The highest BCUT2D eigenvalue weighted by Crippen LogP contribution is 2.40. The van der Waals surface area contributed by atoms with Crippen LogP contribution in [0.1, 0.15) is 107 Å². The lowest BCUT2D eigenvalue weighted by Crippen LogP contribution is -2.20. The largest absolute Gasteiger partial charge is 0.493 e. The van der Waals surface area contributed by atoms with E-state index in [9.17, 15) is 13.2 Å². The Morgan fingerprint density at radius 1 is 0.750 bits per heavy atom. The smallest absolute Gasteiger partial charge is 0.200 e. The van der Waals surface area contributed by atoms with Crippen LogP contribution in [0.3, 0.4) is 0 Å². The molecule has 0 saturated heterocycles. The van der Waals surface area contributed by atoms with Crippen LogP contribution < -0.4 is 9.47 Å². The van der Waals surface area contributed by atoms with Gasteiger partial charge in [-0.25, -0.2) is 8.78 Å². The summed E-state index contributed by atoms with van der Waals surface area (Å²) in [5.41, 5.74) is 1.24. The number of hydrogen-bond donors (Lipinski definition) is 0. The number of ether oxygens (including phenoxy) is 2. The first-order valence-corrected chi connectivity index (χ1v) is 14.0. The van der Waals surface area contributed by atoms with E-state index in [0.29, 0.717) is 30.4 Å². The summed E-state index contributed by atoms with van der Waals surface area (Å²) in [5.74, 6) is -0.0276. The SMILES string of the molecule is CCCCCOc1ccc(C2CCC(COc3ccc(C4CCC(C)CC4)c(F)c3F)CC2)c(F)c1. The third-order valence-electron chi connectivity index (χ3n) is 8.28. The lowest BCUT2D eigenvalue weighted by molar-refractivity contribution is 0.191. The molecular weight excluding hydrogens is 461 g/mol. The lowest BCUT2D eigenvalue weighted by Gasteiger charge is -2.29. The van der Waals surface area contributed by atoms with E-state index >= 15 is 0 Å². The molecule has 2 saturated carbocycles. The number of unbranched alkanes of at least 4 members (excludes halogenated alkanes) is 2. The van der Waals surface area contributed by atoms with E-state index in [2.05, 4.69) is 13.8 Å². The summed E-state index contributed by atoms with van der Waals surface area (Å²) in [7, 11) is 0. The quantitative estimate of drug-likeness (QED) is 0.301. The second kappa shape index (κ2) is 12.9. The Morgan fingerprint density at radius 2 is 1.42 bits per heavy atom. The second-order valence-electron chi connectivity index (χ2n) is 11.0. The number of halogens is 3. The molecule has 0 aromatic heterocycles. The maximum absolute atomic E-state index is 14.8. The Hall–Kier alpha value is -2.17. The molecule has 36 heavy (non-hydrogen) atoms. The summed E-state index contributed by atoms with van der Waals surface area (Å²) in [6.45, 7) is 5.33. The third-order valence-corrected chi connectivity index (χ3v) is 8.28. The molecule has 4 rings (SSSR count). The molecule has 2 aliphatic rings. The molecule has 0 spiro atoms. The lowest BCUT2D eigenvalue weighted by atomic mass is 9.79. The van der Waals surface area contributed by atoms with E-state index < -0.39 is 11.6 Å². The van der Waals surface area contributed by atoms with Crippen LogP contribution in [0, 0.1) is 29.3 Å². The molecule has 2 aromatic carbocycles. The Bertz CT molecular complexity index is 976. The van der Waals surface area contributed by atoms with Crippen molar-refractivity contribution in [2.75, 3.05) is 13.2 Å². The van der Waals surface area contributed by atoms with Gasteiger partial charge in [-0.15, -0.1) is 0 Å². The summed E-state index contributed by atoms with van der Waals surface area (Å²) < 4.78 is 55.8. The van der Waals surface area contributed by atoms with Crippen molar-refractivity contribution < 1.29 is 22.6 Å². The molecule has 0 unspecified atom stereocenters. The van der Waals surface area contributed by atoms with Crippen LogP contribution in [0.5, 0.6) is 11.5 Å². The topological polar surface area (TPSA) is 18.5 Å². The zero-order valence-electron chi connectivity index (χ0n) is 21.8. The average Bonchev–Trinajstić information content (AvgIpc) is 2.89. The van der Waals surface area contributed by atoms with Crippen molar-refractivity contribution in [1.29, 1.82) is 0 Å². The number of hydrogen-bond acceptors (Lipinski definition) is 2. The minimum absolute atomic E-state index is 0.00289. The van der Waals surface area contributed by atoms with Crippen LogP contribution in [0.25, 0.3) is 0 Å². The third kappa shape index (κ3) is 6.77. The van der Waals surface area contributed by atoms with Gasteiger partial charge in [-0.05, 0) is 91.9 Å². The van der Waals surface area contributed by atoms with E-state index in [-0.39, 0.29) is 29.3 Å². The first kappa shape index (κ1) is 26.9. The van der Waals surface area contributed by atoms with Gasteiger partial charge in [0.05, 0.1) is 13.2 Å². The molecule has 5 heteroatoms. The van der Waals surface area contributed by atoms with E-state index in [1.807, 2.05) is 12.1 Å². The second-order valence-corrected chi connectivity index (χ2v) is 11.0. The normalized spacial score (nSPS) is 24.5. The molecule has 2 nitrogen and oxygen atoms in total. The van der Waals surface area contributed by atoms with E-state index in [1.54, 1.807) is 12.1 Å². The van der Waals surface area contributed by atoms with Crippen LogP contribution in [0.15, 0.2) is 30.3 Å². The van der Waals surface area contributed by atoms with Gasteiger partial charge in [0, 0.05) is 6.07 Å². The van der Waals surface area contributed by atoms with Gasteiger partial charge in [0.2, 0.25) is 5.82 Å². The van der Waals surface area contributed by atoms with Gasteiger partial charge in [-0.2, -0.15) is 4.39 Å². The number of benzene rings is 2. The molecule has 2 aromatic rings. The van der Waals surface area contributed by atoms with Crippen molar-refractivity contribution in [2.24, 2.45) is 11.8 Å². The fourth-order valence-electron chi connectivity index (χ4n) is 5.86. The molecule has 0 radical (unpaired) electrons. The molecule has 0 heterocycles. The zero-order valence-corrected chi connectivity index (χ0v) is 21.8. The van der Waals surface area contributed by atoms with Gasteiger partial charge in [-0.3, -0.25) is 0 Å². The highest BCUT2D eigenvalue weighted by Gasteiger charge is 2.27. The van der Waals surface area contributed by atoms with Gasteiger partial charge in [0.15, 0.2) is 11.6 Å². The standard InChI is InChI=1S/C31H41F3O2/c1-3-4-5-18-35-25-14-15-26(28(32)19-25)23-12-8-22(9-13-23)20-36-29-17-16-27(30(33)31(29)34)24-10-6-21(2)7-11-24/h14-17,19,21-24H,3-13,18,20H2,1-2H3. The summed E-state index contributed by atoms with van der Waals surface area (Å²) in [5, 5.41) is 0. The van der Waals surface area contributed by atoms with Gasteiger partial charge >= 0.3 is 0 Å². The maximum atomic E-state index is 14.8. The fourth-order valence-corrected chi connectivity index (χ4v) is 5.86. The Labute approximate surface area is 214 Å². The molecule has 0 amide bonds. The Kier molecular flexibility index (Phi) is 9.61. The van der Waals surface area contributed by atoms with Crippen molar-refractivity contribution in [3.63, 3.8) is 0 Å². The van der Waals surface area contributed by atoms with Crippen LogP contribution in [-0.2, 0) is 0 Å². The van der Waals surface area contributed by atoms with E-state index in [4.69, 9.17) is 9.47 Å². The first-order chi connectivity index (χ1) is 17.5. The maximum Gasteiger partial charge on any atom is 0.200 e. The highest BCUT2D eigenvalue weighted by atomic mass is 19.2. The Balaban J connectivity index is 1.26. The summed E-state index contributed by atoms with van der Waals surface area (Å²) in [6.07, 6.45) is 10.6. The number of rotatable bonds is 10. The van der Waals surface area contributed by atoms with Gasteiger partial charge < -0.3 is 9.47 Å². The van der Waals surface area contributed by atoms with Crippen molar-refractivity contribution in [1.82, 2.24) is 0 Å². The molecule has 0 aliphatic heterocycles. The van der Waals surface area contributed by atoms with Gasteiger partial charge in [0.25, 0.3) is 0 Å². The predicted octanol–water partition coefficient (Wildman–Crippen LogP) is 9.32. The molecule has 2 fully saturated rings. The van der Waals surface area contributed by atoms with Gasteiger partial charge in [-0.1, -0.05) is 51.7 Å². The Morgan fingerprint density at radius 3 is 2.11 bits per heavy atom. The van der Waals surface area contributed by atoms with E-state index in [1.165, 1.54) is 6.07 Å². The van der Waals surface area contributed by atoms with Crippen molar-refractivity contribution in [2.45, 2.75) is 96.3 Å². The van der Waals surface area contributed by atoms with Crippen molar-refractivity contribution in [3.8, 4) is 11.5 Å². The molecule has 198 valence electrons. The summed E-state index contributed by atoms with van der Waals surface area (Å²) in [4.78, 5) is 0. The van der Waals surface area contributed by atoms with Crippen LogP contribution in [-0.4, -0.2) is 13.2 Å². The predicted molar refractivity (Wildman–Crippen MR) is 138 cm³/mol. The van der Waals surface area contributed by atoms with Gasteiger partial charge in [0.1, 0.15) is 11.6 Å². The van der Waals surface area contributed by atoms with Crippen LogP contribution >= 0.6 is 0 Å². The zero-order chi connectivity index (χ0) is 25.5. The van der Waals surface area contributed by atoms with E-state index in [0.717, 1.165) is 76.2 Å². The first-order valence-electron chi connectivity index (χ1n) is 14.0. The molecule has 2 aliphatic carbocycles. The van der Waals surface area contributed by atoms with Crippen LogP contribution in [0.2, 0.25) is 0 Å². The van der Waals surface area contributed by atoms with Crippen molar-refractivity contribution in [3.05, 3.63) is 58.9 Å². The van der Waals surface area contributed by atoms with Crippen molar-refractivity contribution >= 4 is 0 Å². The minimum atomic E-state index is -0.862. The minimum Gasteiger partial charge on any atom is -0.493 e. The molecule has 0 bridgehead atoms. The summed E-state index contributed by atoms with van der Waals surface area (Å²) >= 11 is 0. The molecular formula is C31H41F3O2. The molecule has 0 N–H and O–H groups in total. The fraction of sp³-hybridized carbons (Fsp3) is 0.613. The molecule has 0 atom stereocenters.